The first kappa shape index (κ1) is 13.9. The molecule has 5 heteroatoms. The summed E-state index contributed by atoms with van der Waals surface area (Å²) >= 11 is 0. The lowest BCUT2D eigenvalue weighted by atomic mass is 10.2. The van der Waals surface area contributed by atoms with E-state index in [1.807, 2.05) is 24.0 Å². The Morgan fingerprint density at radius 3 is 2.74 bits per heavy atom. The van der Waals surface area contributed by atoms with Gasteiger partial charge < -0.3 is 10.2 Å². The third-order valence-corrected chi connectivity index (χ3v) is 3.51. The zero-order valence-electron chi connectivity index (χ0n) is 11.5. The van der Waals surface area contributed by atoms with E-state index in [-0.39, 0.29) is 11.9 Å². The predicted molar refractivity (Wildman–Crippen MR) is 73.4 cm³/mol. The van der Waals surface area contributed by atoms with Crippen molar-refractivity contribution in [3.8, 4) is 0 Å². The Bertz CT molecular complexity index is 388. The Labute approximate surface area is 114 Å². The highest BCUT2D eigenvalue weighted by atomic mass is 16.2. The van der Waals surface area contributed by atoms with Crippen molar-refractivity contribution in [2.24, 2.45) is 0 Å². The number of carbonyl (C=O) groups is 1. The fourth-order valence-electron chi connectivity index (χ4n) is 2.34. The van der Waals surface area contributed by atoms with Gasteiger partial charge in [0, 0.05) is 25.8 Å². The summed E-state index contributed by atoms with van der Waals surface area (Å²) in [5, 5.41) is 11.0. The summed E-state index contributed by atoms with van der Waals surface area (Å²) in [5.74, 6) is 0.200. The third kappa shape index (κ3) is 4.28. The van der Waals surface area contributed by atoms with Crippen LogP contribution < -0.4 is 5.32 Å². The van der Waals surface area contributed by atoms with Gasteiger partial charge in [-0.1, -0.05) is 12.8 Å². The van der Waals surface area contributed by atoms with Gasteiger partial charge >= 0.3 is 0 Å². The van der Waals surface area contributed by atoms with Crippen LogP contribution >= 0.6 is 0 Å². The van der Waals surface area contributed by atoms with E-state index in [9.17, 15) is 4.79 Å². The molecule has 2 rings (SSSR count). The van der Waals surface area contributed by atoms with E-state index >= 15 is 0 Å². The average molecular weight is 262 g/mol. The molecule has 104 valence electrons. The molecule has 1 atom stereocenters. The Hall–Kier alpha value is -1.49. The number of nitrogens with zero attached hydrogens (tertiary/aromatic N) is 3. The van der Waals surface area contributed by atoms with Crippen LogP contribution in [0.3, 0.4) is 0 Å². The standard InChI is InChI=1S/C14H22N4O/c1-12(15-11-13-7-6-8-16-17-13)14(19)18-9-4-2-3-5-10-18/h6-8,12,15H,2-5,9-11H2,1H3. The molecule has 1 aliphatic heterocycles. The van der Waals surface area contributed by atoms with Crippen molar-refractivity contribution < 1.29 is 4.79 Å². The topological polar surface area (TPSA) is 58.1 Å². The van der Waals surface area contributed by atoms with E-state index in [0.29, 0.717) is 6.54 Å². The van der Waals surface area contributed by atoms with Gasteiger partial charge in [0.2, 0.25) is 5.91 Å². The van der Waals surface area contributed by atoms with Gasteiger partial charge in [0.25, 0.3) is 0 Å². The quantitative estimate of drug-likeness (QED) is 0.890. The number of aromatic nitrogens is 2. The van der Waals surface area contributed by atoms with Crippen LogP contribution in [0.15, 0.2) is 18.3 Å². The van der Waals surface area contributed by atoms with Crippen LogP contribution in [0.2, 0.25) is 0 Å². The summed E-state index contributed by atoms with van der Waals surface area (Å²) in [4.78, 5) is 14.3. The summed E-state index contributed by atoms with van der Waals surface area (Å²) in [5.41, 5.74) is 0.859. The fraction of sp³-hybridized carbons (Fsp3) is 0.643. The van der Waals surface area contributed by atoms with E-state index in [0.717, 1.165) is 31.6 Å². The SMILES string of the molecule is CC(NCc1cccnn1)C(=O)N1CCCCCC1. The zero-order valence-corrected chi connectivity index (χ0v) is 11.5. The highest BCUT2D eigenvalue weighted by molar-refractivity contribution is 5.81. The van der Waals surface area contributed by atoms with Gasteiger partial charge in [-0.15, -0.1) is 0 Å². The second kappa shape index (κ2) is 7.19. The molecule has 0 radical (unpaired) electrons. The summed E-state index contributed by atoms with van der Waals surface area (Å²) in [7, 11) is 0. The molecule has 1 aliphatic rings. The number of likely N-dealkylation sites (tertiary alicyclic amines) is 1. The van der Waals surface area contributed by atoms with E-state index in [1.54, 1.807) is 6.20 Å². The Morgan fingerprint density at radius 1 is 1.37 bits per heavy atom. The van der Waals surface area contributed by atoms with Crippen LogP contribution in [-0.2, 0) is 11.3 Å². The minimum atomic E-state index is -0.167. The minimum absolute atomic E-state index is 0.167. The number of hydrogen-bond donors (Lipinski definition) is 1. The van der Waals surface area contributed by atoms with E-state index in [2.05, 4.69) is 15.5 Å². The van der Waals surface area contributed by atoms with Crippen molar-refractivity contribution in [1.82, 2.24) is 20.4 Å². The lowest BCUT2D eigenvalue weighted by Crippen LogP contribution is -2.45. The van der Waals surface area contributed by atoms with Gasteiger partial charge in [0.15, 0.2) is 0 Å². The minimum Gasteiger partial charge on any atom is -0.341 e. The Morgan fingerprint density at radius 2 is 2.11 bits per heavy atom. The first-order valence-corrected chi connectivity index (χ1v) is 7.06. The zero-order chi connectivity index (χ0) is 13.5. The lowest BCUT2D eigenvalue weighted by Gasteiger charge is -2.24. The van der Waals surface area contributed by atoms with E-state index in [4.69, 9.17) is 0 Å². The number of carbonyl (C=O) groups excluding carboxylic acids is 1. The van der Waals surface area contributed by atoms with Gasteiger partial charge in [0.1, 0.15) is 0 Å². The predicted octanol–water partition coefficient (Wildman–Crippen LogP) is 1.36. The molecular weight excluding hydrogens is 240 g/mol. The van der Waals surface area contributed by atoms with Gasteiger partial charge in [0.05, 0.1) is 11.7 Å². The normalized spacial score (nSPS) is 17.8. The monoisotopic (exact) mass is 262 g/mol. The largest absolute Gasteiger partial charge is 0.341 e. The molecule has 2 heterocycles. The lowest BCUT2D eigenvalue weighted by molar-refractivity contribution is -0.133. The van der Waals surface area contributed by atoms with Gasteiger partial charge in [-0.25, -0.2) is 0 Å². The van der Waals surface area contributed by atoms with E-state index in [1.165, 1.54) is 12.8 Å². The van der Waals surface area contributed by atoms with Crippen LogP contribution in [-0.4, -0.2) is 40.1 Å². The molecular formula is C14H22N4O. The number of rotatable bonds is 4. The molecule has 0 saturated carbocycles. The van der Waals surface area contributed by atoms with Gasteiger partial charge in [-0.05, 0) is 31.9 Å². The van der Waals surface area contributed by atoms with E-state index < -0.39 is 0 Å². The van der Waals surface area contributed by atoms with Crippen LogP contribution in [0.5, 0.6) is 0 Å². The maximum absolute atomic E-state index is 12.3. The maximum atomic E-state index is 12.3. The van der Waals surface area contributed by atoms with Crippen LogP contribution in [0.4, 0.5) is 0 Å². The highest BCUT2D eigenvalue weighted by Crippen LogP contribution is 2.10. The third-order valence-electron chi connectivity index (χ3n) is 3.51. The summed E-state index contributed by atoms with van der Waals surface area (Å²) in [6.45, 7) is 4.30. The Balaban J connectivity index is 1.81. The second-order valence-electron chi connectivity index (χ2n) is 5.06. The average Bonchev–Trinajstić information content (AvgIpc) is 2.74. The molecule has 1 amide bonds. The molecule has 0 aliphatic carbocycles. The number of amides is 1. The fourth-order valence-corrected chi connectivity index (χ4v) is 2.34. The molecule has 1 aromatic heterocycles. The van der Waals surface area contributed by atoms with Crippen molar-refractivity contribution in [3.05, 3.63) is 24.0 Å². The highest BCUT2D eigenvalue weighted by Gasteiger charge is 2.20. The van der Waals surface area contributed by atoms with Crippen molar-refractivity contribution >= 4 is 5.91 Å². The molecule has 0 spiro atoms. The smallest absolute Gasteiger partial charge is 0.239 e. The molecule has 0 bridgehead atoms. The van der Waals surface area contributed by atoms with Gasteiger partial charge in [-0.3, -0.25) is 4.79 Å². The molecule has 1 saturated heterocycles. The maximum Gasteiger partial charge on any atom is 0.239 e. The molecule has 0 aromatic carbocycles. The van der Waals surface area contributed by atoms with Gasteiger partial charge in [-0.2, -0.15) is 10.2 Å². The van der Waals surface area contributed by atoms with Crippen molar-refractivity contribution in [1.29, 1.82) is 0 Å². The molecule has 1 N–H and O–H groups in total. The van der Waals surface area contributed by atoms with Crippen molar-refractivity contribution in [3.63, 3.8) is 0 Å². The van der Waals surface area contributed by atoms with Crippen molar-refractivity contribution in [2.75, 3.05) is 13.1 Å². The summed E-state index contributed by atoms with van der Waals surface area (Å²) < 4.78 is 0. The number of nitrogens with one attached hydrogen (secondary N) is 1. The number of hydrogen-bond acceptors (Lipinski definition) is 4. The molecule has 1 unspecified atom stereocenters. The first-order valence-electron chi connectivity index (χ1n) is 7.06. The summed E-state index contributed by atoms with van der Waals surface area (Å²) in [6, 6.07) is 3.59. The molecule has 1 fully saturated rings. The molecule has 5 nitrogen and oxygen atoms in total. The molecule has 1 aromatic rings. The molecule has 19 heavy (non-hydrogen) atoms. The Kier molecular flexibility index (Phi) is 5.27. The second-order valence-corrected chi connectivity index (χ2v) is 5.06. The van der Waals surface area contributed by atoms with Crippen LogP contribution in [0.25, 0.3) is 0 Å². The van der Waals surface area contributed by atoms with Crippen LogP contribution in [0.1, 0.15) is 38.3 Å². The first-order chi connectivity index (χ1) is 9.27. The summed E-state index contributed by atoms with van der Waals surface area (Å²) in [6.07, 6.45) is 6.39. The van der Waals surface area contributed by atoms with Crippen molar-refractivity contribution in [2.45, 2.75) is 45.2 Å². The van der Waals surface area contributed by atoms with Crippen LogP contribution in [0, 0.1) is 0 Å².